The highest BCUT2D eigenvalue weighted by Gasteiger charge is 2.55. The molecular weight excluding hydrogens is 472 g/mol. The number of carbonyl (C=O) groups excluding carboxylic acids is 2. The molecule has 2 fully saturated rings. The molecule has 206 valence electrons. The molecule has 4 N–H and O–H groups in total. The number of esters is 1. The minimum atomic E-state index is -1.77. The van der Waals surface area contributed by atoms with E-state index >= 15 is 0 Å². The number of hydrogen-bond acceptors (Lipinski definition) is 9. The highest BCUT2D eigenvalue weighted by Crippen LogP contribution is 2.39. The standard InChI is InChI=1S/C26H42O10/c1-16(13-22(30)34-11-9-7-5-4-6-8-10-21(28)29)12-19-23(31)25(32)26(33,15-35-19)14-20-24(36-20)17(2)18(3)27/h13,17-20,24-25,27,32-33H,4-12,14-15H2,1-3H3,(H,28,29)/b16-13+/t17-,18-,19-,20?,24?,25-,26+/m0/s1. The van der Waals surface area contributed by atoms with Crippen molar-refractivity contribution in [3.05, 3.63) is 11.6 Å². The smallest absolute Gasteiger partial charge is 0.330 e. The third-order valence-corrected chi connectivity index (χ3v) is 6.99. The van der Waals surface area contributed by atoms with Crippen molar-refractivity contribution in [3.8, 4) is 0 Å². The van der Waals surface area contributed by atoms with Gasteiger partial charge in [-0.05, 0) is 26.7 Å². The molecule has 10 nitrogen and oxygen atoms in total. The van der Waals surface area contributed by atoms with Gasteiger partial charge in [0, 0.05) is 31.3 Å². The van der Waals surface area contributed by atoms with Gasteiger partial charge in [0.2, 0.25) is 0 Å². The van der Waals surface area contributed by atoms with Gasteiger partial charge in [0.1, 0.15) is 17.8 Å². The number of carboxylic acid groups (broad SMARTS) is 1. The van der Waals surface area contributed by atoms with E-state index in [4.69, 9.17) is 19.3 Å². The number of carbonyl (C=O) groups is 3. The van der Waals surface area contributed by atoms with Crippen LogP contribution in [0.1, 0.15) is 78.6 Å². The topological polar surface area (TPSA) is 163 Å². The first-order valence-corrected chi connectivity index (χ1v) is 12.9. The Balaban J connectivity index is 1.67. The van der Waals surface area contributed by atoms with Crippen LogP contribution in [0, 0.1) is 5.92 Å². The van der Waals surface area contributed by atoms with Gasteiger partial charge in [-0.15, -0.1) is 0 Å². The number of aliphatic hydroxyl groups excluding tert-OH is 2. The van der Waals surface area contributed by atoms with Crippen LogP contribution in [0.3, 0.4) is 0 Å². The van der Waals surface area contributed by atoms with E-state index < -0.39 is 41.6 Å². The van der Waals surface area contributed by atoms with Gasteiger partial charge in [-0.25, -0.2) is 4.79 Å². The molecule has 0 radical (unpaired) electrons. The summed E-state index contributed by atoms with van der Waals surface area (Å²) in [5.74, 6) is -2.07. The van der Waals surface area contributed by atoms with Gasteiger partial charge in [-0.2, -0.15) is 0 Å². The first kappa shape index (κ1) is 30.4. The third-order valence-electron chi connectivity index (χ3n) is 6.99. The Morgan fingerprint density at radius 2 is 1.81 bits per heavy atom. The zero-order valence-electron chi connectivity index (χ0n) is 21.6. The van der Waals surface area contributed by atoms with Crippen LogP contribution in [0.4, 0.5) is 0 Å². The predicted octanol–water partition coefficient (Wildman–Crippen LogP) is 1.92. The molecule has 2 unspecified atom stereocenters. The van der Waals surface area contributed by atoms with Crippen LogP contribution in [0.5, 0.6) is 0 Å². The number of rotatable bonds is 16. The summed E-state index contributed by atoms with van der Waals surface area (Å²) >= 11 is 0. The fourth-order valence-corrected chi connectivity index (χ4v) is 4.44. The van der Waals surface area contributed by atoms with Crippen molar-refractivity contribution < 1.29 is 49.0 Å². The number of epoxide rings is 1. The lowest BCUT2D eigenvalue weighted by Gasteiger charge is -2.39. The molecule has 0 bridgehead atoms. The van der Waals surface area contributed by atoms with Crippen molar-refractivity contribution in [2.24, 2.45) is 5.92 Å². The fourth-order valence-electron chi connectivity index (χ4n) is 4.44. The summed E-state index contributed by atoms with van der Waals surface area (Å²) in [6, 6.07) is 0. The molecule has 36 heavy (non-hydrogen) atoms. The maximum Gasteiger partial charge on any atom is 0.330 e. The normalized spacial score (nSPS) is 30.1. The zero-order valence-corrected chi connectivity index (χ0v) is 21.6. The molecule has 0 amide bonds. The minimum absolute atomic E-state index is 0.0256. The predicted molar refractivity (Wildman–Crippen MR) is 129 cm³/mol. The largest absolute Gasteiger partial charge is 0.481 e. The Labute approximate surface area is 212 Å². The van der Waals surface area contributed by atoms with E-state index in [1.807, 2.05) is 6.92 Å². The van der Waals surface area contributed by atoms with E-state index in [0.29, 0.717) is 18.4 Å². The van der Waals surface area contributed by atoms with Crippen molar-refractivity contribution in [2.75, 3.05) is 13.2 Å². The van der Waals surface area contributed by atoms with Crippen LogP contribution in [-0.4, -0.2) is 87.5 Å². The summed E-state index contributed by atoms with van der Waals surface area (Å²) in [5.41, 5.74) is -1.20. The maximum atomic E-state index is 12.7. The van der Waals surface area contributed by atoms with E-state index in [0.717, 1.165) is 25.7 Å². The van der Waals surface area contributed by atoms with Crippen molar-refractivity contribution >= 4 is 17.7 Å². The molecule has 2 saturated heterocycles. The van der Waals surface area contributed by atoms with Gasteiger partial charge in [0.15, 0.2) is 5.78 Å². The Bertz CT molecular complexity index is 779. The zero-order chi connectivity index (χ0) is 26.9. The molecule has 2 aliphatic rings. The SMILES string of the molecule is C/C(=C\C(=O)OCCCCCCCCC(=O)O)C[C@@H]1OC[C@](O)(CC2OC2[C@@H](C)[C@H](C)O)[C@@H](O)C1=O. The lowest BCUT2D eigenvalue weighted by molar-refractivity contribution is -0.192. The number of unbranched alkanes of at least 4 members (excludes halogenated alkanes) is 5. The first-order valence-electron chi connectivity index (χ1n) is 12.9. The number of aliphatic hydroxyl groups is 3. The second-order valence-electron chi connectivity index (χ2n) is 10.3. The summed E-state index contributed by atoms with van der Waals surface area (Å²) in [6.07, 6.45) is 2.89. The highest BCUT2D eigenvalue weighted by molar-refractivity contribution is 5.89. The molecule has 2 heterocycles. The van der Waals surface area contributed by atoms with Crippen molar-refractivity contribution in [2.45, 2.75) is 115 Å². The van der Waals surface area contributed by atoms with Crippen molar-refractivity contribution in [1.82, 2.24) is 0 Å². The first-order chi connectivity index (χ1) is 16.9. The summed E-state index contributed by atoms with van der Waals surface area (Å²) < 4.78 is 16.3. The number of carboxylic acids is 1. The molecule has 0 aromatic carbocycles. The summed E-state index contributed by atoms with van der Waals surface area (Å²) in [6.45, 7) is 5.20. The molecule has 0 aromatic heterocycles. The van der Waals surface area contributed by atoms with Gasteiger partial charge >= 0.3 is 11.9 Å². The van der Waals surface area contributed by atoms with Crippen molar-refractivity contribution in [1.29, 1.82) is 0 Å². The lowest BCUT2D eigenvalue weighted by Crippen LogP contribution is -2.59. The van der Waals surface area contributed by atoms with Crippen LogP contribution < -0.4 is 0 Å². The van der Waals surface area contributed by atoms with E-state index in [1.165, 1.54) is 6.08 Å². The average Bonchev–Trinajstić information content (AvgIpc) is 3.56. The van der Waals surface area contributed by atoms with E-state index in [2.05, 4.69) is 0 Å². The quantitative estimate of drug-likeness (QED) is 0.104. The van der Waals surface area contributed by atoms with Crippen LogP contribution in [0.2, 0.25) is 0 Å². The van der Waals surface area contributed by atoms with E-state index in [-0.39, 0.29) is 50.6 Å². The molecule has 0 aromatic rings. The molecular formula is C26H42O10. The van der Waals surface area contributed by atoms with Crippen LogP contribution in [0.15, 0.2) is 11.6 Å². The van der Waals surface area contributed by atoms with Crippen LogP contribution >= 0.6 is 0 Å². The second-order valence-corrected chi connectivity index (χ2v) is 10.3. The third kappa shape index (κ3) is 9.55. The lowest BCUT2D eigenvalue weighted by atomic mass is 9.82. The minimum Gasteiger partial charge on any atom is -0.481 e. The number of ketones is 1. The average molecular weight is 515 g/mol. The number of Topliss-reactive ketones (excluding diaryl/α,β-unsaturated/α-hetero) is 1. The maximum absolute atomic E-state index is 12.7. The monoisotopic (exact) mass is 514 g/mol. The van der Waals surface area contributed by atoms with E-state index in [9.17, 15) is 29.7 Å². The Hall–Kier alpha value is -1.85. The second kappa shape index (κ2) is 14.2. The van der Waals surface area contributed by atoms with Gasteiger partial charge in [-0.3, -0.25) is 9.59 Å². The van der Waals surface area contributed by atoms with Crippen LogP contribution in [0.25, 0.3) is 0 Å². The molecule has 2 rings (SSSR count). The van der Waals surface area contributed by atoms with Gasteiger partial charge in [0.25, 0.3) is 0 Å². The molecule has 2 aliphatic heterocycles. The van der Waals surface area contributed by atoms with Crippen LogP contribution in [-0.2, 0) is 28.6 Å². The van der Waals surface area contributed by atoms with Gasteiger partial charge < -0.3 is 34.6 Å². The number of ether oxygens (including phenoxy) is 3. The Morgan fingerprint density at radius 3 is 2.44 bits per heavy atom. The summed E-state index contributed by atoms with van der Waals surface area (Å²) in [4.78, 5) is 35.2. The van der Waals surface area contributed by atoms with Crippen molar-refractivity contribution in [3.63, 3.8) is 0 Å². The number of hydrogen-bond donors (Lipinski definition) is 4. The Morgan fingerprint density at radius 1 is 1.17 bits per heavy atom. The van der Waals surface area contributed by atoms with Gasteiger partial charge in [0.05, 0.1) is 31.5 Å². The number of aliphatic carboxylic acids is 1. The molecule has 10 heteroatoms. The molecule has 0 spiro atoms. The molecule has 0 aliphatic carbocycles. The summed E-state index contributed by atoms with van der Waals surface area (Å²) in [5, 5.41) is 39.6. The van der Waals surface area contributed by atoms with Gasteiger partial charge in [-0.1, -0.05) is 38.2 Å². The van der Waals surface area contributed by atoms with E-state index in [1.54, 1.807) is 13.8 Å². The molecule has 7 atom stereocenters. The highest BCUT2D eigenvalue weighted by atomic mass is 16.6. The summed E-state index contributed by atoms with van der Waals surface area (Å²) in [7, 11) is 0. The Kier molecular flexibility index (Phi) is 12.0. The fraction of sp³-hybridized carbons (Fsp3) is 0.808. The molecule has 0 saturated carbocycles.